The van der Waals surface area contributed by atoms with E-state index in [9.17, 15) is 9.59 Å². The van der Waals surface area contributed by atoms with Crippen LogP contribution in [0.1, 0.15) is 44.0 Å². The zero-order valence-corrected chi connectivity index (χ0v) is 17.6. The van der Waals surface area contributed by atoms with Gasteiger partial charge in [0, 0.05) is 17.1 Å². The molecule has 1 N–H and O–H groups in total. The van der Waals surface area contributed by atoms with Crippen LogP contribution in [0.4, 0.5) is 0 Å². The summed E-state index contributed by atoms with van der Waals surface area (Å²) in [5, 5.41) is 7.79. The molecule has 1 saturated carbocycles. The van der Waals surface area contributed by atoms with Gasteiger partial charge in [-0.3, -0.25) is 4.79 Å². The first-order valence-electron chi connectivity index (χ1n) is 9.50. The number of rotatable bonds is 7. The molecule has 0 bridgehead atoms. The molecule has 1 fully saturated rings. The molecule has 0 unspecified atom stereocenters. The van der Waals surface area contributed by atoms with Crippen LogP contribution in [0.5, 0.6) is 0 Å². The highest BCUT2D eigenvalue weighted by molar-refractivity contribution is 8.16. The van der Waals surface area contributed by atoms with E-state index in [0.29, 0.717) is 23.8 Å². The first-order chi connectivity index (χ1) is 13.6. The van der Waals surface area contributed by atoms with Crippen molar-refractivity contribution in [3.05, 3.63) is 44.8 Å². The number of carbonyl (C=O) groups excluding carboxylic acids is 2. The number of carbonyl (C=O) groups is 2. The average molecular weight is 418 g/mol. The van der Waals surface area contributed by atoms with Gasteiger partial charge in [0.05, 0.1) is 24.3 Å². The monoisotopic (exact) mass is 417 g/mol. The Morgan fingerprint density at radius 3 is 2.89 bits per heavy atom. The molecule has 3 aliphatic rings. The molecule has 148 valence electrons. The van der Waals surface area contributed by atoms with E-state index >= 15 is 0 Å². The largest absolute Gasteiger partial charge is 0.463 e. The third kappa shape index (κ3) is 3.89. The smallest absolute Gasteiger partial charge is 0.338 e. The predicted octanol–water partition coefficient (Wildman–Crippen LogP) is 3.80. The Morgan fingerprint density at radius 2 is 2.21 bits per heavy atom. The number of hydrogen-bond donors (Lipinski definition) is 1. The van der Waals surface area contributed by atoms with Crippen molar-refractivity contribution in [1.29, 1.82) is 0 Å². The second kappa shape index (κ2) is 8.13. The molecule has 1 aromatic heterocycles. The van der Waals surface area contributed by atoms with E-state index in [1.54, 1.807) is 18.3 Å². The molecule has 0 spiro atoms. The number of ether oxygens (including phenoxy) is 1. The van der Waals surface area contributed by atoms with Gasteiger partial charge >= 0.3 is 5.97 Å². The third-order valence-corrected chi connectivity index (χ3v) is 6.75. The van der Waals surface area contributed by atoms with Crippen molar-refractivity contribution in [3.8, 4) is 0 Å². The minimum absolute atomic E-state index is 0.00823. The predicted molar refractivity (Wildman–Crippen MR) is 112 cm³/mol. The fraction of sp³-hybridized carbons (Fsp3) is 0.450. The van der Waals surface area contributed by atoms with Crippen molar-refractivity contribution < 1.29 is 14.3 Å². The van der Waals surface area contributed by atoms with Crippen LogP contribution in [0, 0.1) is 5.92 Å². The Balaban J connectivity index is 1.61. The maximum absolute atomic E-state index is 12.7. The SMILES string of the molecule is CCOC(=O)C1=C(C)N=C2SC=C(CC(=O)NCC3CC3)N2[C@@H]1c1cccs1. The van der Waals surface area contributed by atoms with E-state index in [2.05, 4.69) is 10.3 Å². The second-order valence-electron chi connectivity index (χ2n) is 7.05. The topological polar surface area (TPSA) is 71.0 Å². The number of nitrogens with one attached hydrogen (secondary N) is 1. The highest BCUT2D eigenvalue weighted by atomic mass is 32.2. The molecule has 1 aliphatic carbocycles. The minimum Gasteiger partial charge on any atom is -0.463 e. The summed E-state index contributed by atoms with van der Waals surface area (Å²) >= 11 is 3.08. The zero-order chi connectivity index (χ0) is 19.7. The Hall–Kier alpha value is -2.06. The molecule has 0 saturated heterocycles. The van der Waals surface area contributed by atoms with E-state index in [1.807, 2.05) is 34.7 Å². The molecular weight excluding hydrogens is 394 g/mol. The average Bonchev–Trinajstić information content (AvgIpc) is 3.18. The summed E-state index contributed by atoms with van der Waals surface area (Å²) in [6, 6.07) is 3.67. The third-order valence-electron chi connectivity index (χ3n) is 4.94. The van der Waals surface area contributed by atoms with Gasteiger partial charge in [-0.15, -0.1) is 11.3 Å². The summed E-state index contributed by atoms with van der Waals surface area (Å²) in [6.45, 7) is 4.71. The summed E-state index contributed by atoms with van der Waals surface area (Å²) < 4.78 is 5.32. The quantitative estimate of drug-likeness (QED) is 0.683. The lowest BCUT2D eigenvalue weighted by Crippen LogP contribution is -2.37. The second-order valence-corrected chi connectivity index (χ2v) is 8.87. The first kappa shape index (κ1) is 19.3. The van der Waals surface area contributed by atoms with Crippen LogP contribution in [-0.2, 0) is 14.3 Å². The molecule has 0 radical (unpaired) electrons. The van der Waals surface area contributed by atoms with Crippen molar-refractivity contribution in [2.45, 2.75) is 39.2 Å². The number of fused-ring (bicyclic) bond motifs is 1. The van der Waals surface area contributed by atoms with Gasteiger partial charge in [0.15, 0.2) is 5.17 Å². The number of amidine groups is 1. The lowest BCUT2D eigenvalue weighted by atomic mass is 9.99. The fourth-order valence-corrected chi connectivity index (χ4v) is 5.15. The van der Waals surface area contributed by atoms with Gasteiger partial charge in [0.25, 0.3) is 0 Å². The summed E-state index contributed by atoms with van der Waals surface area (Å²) in [5.41, 5.74) is 2.08. The van der Waals surface area contributed by atoms with E-state index in [1.165, 1.54) is 24.6 Å². The highest BCUT2D eigenvalue weighted by Crippen LogP contribution is 2.45. The van der Waals surface area contributed by atoms with Crippen LogP contribution in [0.2, 0.25) is 0 Å². The van der Waals surface area contributed by atoms with Gasteiger partial charge in [0.2, 0.25) is 5.91 Å². The van der Waals surface area contributed by atoms with Gasteiger partial charge in [-0.25, -0.2) is 9.79 Å². The van der Waals surface area contributed by atoms with E-state index < -0.39 is 0 Å². The molecule has 2 aliphatic heterocycles. The number of nitrogens with zero attached hydrogens (tertiary/aromatic N) is 2. The fourth-order valence-electron chi connectivity index (χ4n) is 3.36. The van der Waals surface area contributed by atoms with Gasteiger partial charge in [-0.2, -0.15) is 0 Å². The minimum atomic E-state index is -0.351. The number of hydrogen-bond acceptors (Lipinski definition) is 7. The molecule has 1 amide bonds. The molecule has 3 heterocycles. The number of aliphatic imine (C=N–C) groups is 1. The molecule has 8 heteroatoms. The highest BCUT2D eigenvalue weighted by Gasteiger charge is 2.41. The summed E-state index contributed by atoms with van der Waals surface area (Å²) in [6.07, 6.45) is 2.68. The first-order valence-corrected chi connectivity index (χ1v) is 11.3. The Labute approximate surface area is 172 Å². The van der Waals surface area contributed by atoms with E-state index in [4.69, 9.17) is 4.74 Å². The maximum Gasteiger partial charge on any atom is 0.338 e. The normalized spacial score (nSPS) is 21.2. The molecular formula is C20H23N3O3S2. The van der Waals surface area contributed by atoms with Crippen molar-refractivity contribution >= 4 is 40.1 Å². The van der Waals surface area contributed by atoms with Crippen molar-refractivity contribution in [2.75, 3.05) is 13.2 Å². The number of esters is 1. The number of thiophene rings is 1. The summed E-state index contributed by atoms with van der Waals surface area (Å²) in [4.78, 5) is 32.9. The zero-order valence-electron chi connectivity index (χ0n) is 15.9. The summed E-state index contributed by atoms with van der Waals surface area (Å²) in [5.74, 6) is 0.299. The standard InChI is InChI=1S/C20H23N3O3S2/c1-3-26-19(25)17-12(2)22-20-23(18(17)15-5-4-8-27-15)14(11-28-20)9-16(24)21-10-13-6-7-13/h4-5,8,11,13,18H,3,6-7,9-10H2,1-2H3,(H,21,24)/t18-/m1/s1. The van der Waals surface area contributed by atoms with Crippen LogP contribution in [0.15, 0.2) is 44.9 Å². The molecule has 6 nitrogen and oxygen atoms in total. The Bertz CT molecular complexity index is 869. The van der Waals surface area contributed by atoms with E-state index in [0.717, 1.165) is 22.3 Å². The molecule has 0 aromatic carbocycles. The Morgan fingerprint density at radius 1 is 1.39 bits per heavy atom. The van der Waals surface area contributed by atoms with Crippen LogP contribution in [0.25, 0.3) is 0 Å². The lowest BCUT2D eigenvalue weighted by Gasteiger charge is -2.35. The van der Waals surface area contributed by atoms with Gasteiger partial charge in [-0.05, 0) is 49.5 Å². The van der Waals surface area contributed by atoms with Gasteiger partial charge < -0.3 is 15.0 Å². The van der Waals surface area contributed by atoms with Gasteiger partial charge in [-0.1, -0.05) is 17.8 Å². The number of amides is 1. The number of allylic oxidation sites excluding steroid dienone is 1. The van der Waals surface area contributed by atoms with Gasteiger partial charge in [0.1, 0.15) is 6.04 Å². The van der Waals surface area contributed by atoms with Crippen molar-refractivity contribution in [1.82, 2.24) is 10.2 Å². The molecule has 4 rings (SSSR count). The molecule has 1 aromatic rings. The number of thioether (sulfide) groups is 1. The van der Waals surface area contributed by atoms with Crippen LogP contribution >= 0.6 is 23.1 Å². The summed E-state index contributed by atoms with van der Waals surface area (Å²) in [7, 11) is 0. The van der Waals surface area contributed by atoms with Crippen molar-refractivity contribution in [2.24, 2.45) is 10.9 Å². The lowest BCUT2D eigenvalue weighted by molar-refractivity contribution is -0.139. The van der Waals surface area contributed by atoms with Crippen LogP contribution in [-0.4, -0.2) is 35.1 Å². The molecule has 28 heavy (non-hydrogen) atoms. The maximum atomic E-state index is 12.7. The van der Waals surface area contributed by atoms with Crippen LogP contribution in [0.3, 0.4) is 0 Å². The Kier molecular flexibility index (Phi) is 5.59. The van der Waals surface area contributed by atoms with E-state index in [-0.39, 0.29) is 24.3 Å². The molecule has 1 atom stereocenters. The van der Waals surface area contributed by atoms with Crippen molar-refractivity contribution in [3.63, 3.8) is 0 Å². The van der Waals surface area contributed by atoms with Crippen LogP contribution < -0.4 is 5.32 Å².